The van der Waals surface area contributed by atoms with Gasteiger partial charge in [-0.25, -0.2) is 14.3 Å². The molecule has 0 aliphatic carbocycles. The molecule has 2 aliphatic heterocycles. The highest BCUT2D eigenvalue weighted by Gasteiger charge is 2.54. The van der Waals surface area contributed by atoms with Gasteiger partial charge in [0.15, 0.2) is 5.78 Å². The van der Waals surface area contributed by atoms with Crippen LogP contribution in [0.25, 0.3) is 0 Å². The Kier molecular flexibility index (Phi) is 9.12. The van der Waals surface area contributed by atoms with Crippen LogP contribution in [0.4, 0.5) is 4.79 Å². The number of nitrogens with one attached hydrogen (secondary N) is 3. The van der Waals surface area contributed by atoms with Crippen LogP contribution >= 0.6 is 35.1 Å². The number of carboxylic acids is 1. The number of ketones is 1. The summed E-state index contributed by atoms with van der Waals surface area (Å²) in [4.78, 5) is 65.0. The number of benzene rings is 1. The van der Waals surface area contributed by atoms with Gasteiger partial charge >= 0.3 is 12.0 Å². The van der Waals surface area contributed by atoms with Crippen molar-refractivity contribution in [3.63, 3.8) is 0 Å². The highest BCUT2D eigenvalue weighted by atomic mass is 35.5. The first-order valence-corrected chi connectivity index (χ1v) is 15.1. The van der Waals surface area contributed by atoms with Gasteiger partial charge in [-0.3, -0.25) is 19.3 Å². The van der Waals surface area contributed by atoms with Crippen LogP contribution in [0.15, 0.2) is 57.6 Å². The highest BCUT2D eigenvalue weighted by molar-refractivity contribution is 8.01. The molecule has 230 valence electrons. The van der Waals surface area contributed by atoms with Crippen molar-refractivity contribution in [3.8, 4) is 5.75 Å². The zero-order chi connectivity index (χ0) is 31.5. The Morgan fingerprint density at radius 3 is 2.73 bits per heavy atom. The molecule has 2 aliphatic rings. The molecule has 4 heterocycles. The van der Waals surface area contributed by atoms with Gasteiger partial charge in [0.05, 0.1) is 23.4 Å². The normalized spacial score (nSPS) is 18.2. The number of halogens is 1. The van der Waals surface area contributed by atoms with E-state index in [0.29, 0.717) is 10.7 Å². The lowest BCUT2D eigenvalue weighted by Gasteiger charge is -2.49. The van der Waals surface area contributed by atoms with E-state index in [1.54, 1.807) is 7.05 Å². The second kappa shape index (κ2) is 13.0. The Labute approximate surface area is 261 Å². The van der Waals surface area contributed by atoms with E-state index in [4.69, 9.17) is 16.0 Å². The predicted octanol–water partition coefficient (Wildman–Crippen LogP) is 0.916. The summed E-state index contributed by atoms with van der Waals surface area (Å²) in [6.45, 7) is -0.400. The largest absolute Gasteiger partial charge is 0.506 e. The second-order valence-corrected chi connectivity index (χ2v) is 11.9. The van der Waals surface area contributed by atoms with Crippen LogP contribution in [0.3, 0.4) is 0 Å². The molecule has 0 spiro atoms. The summed E-state index contributed by atoms with van der Waals surface area (Å²) < 4.78 is 6.30. The zero-order valence-electron chi connectivity index (χ0n) is 22.6. The van der Waals surface area contributed by atoms with Gasteiger partial charge in [0.25, 0.3) is 5.91 Å². The summed E-state index contributed by atoms with van der Waals surface area (Å²) in [5.41, 5.74) is 0.730. The van der Waals surface area contributed by atoms with Crippen molar-refractivity contribution in [1.82, 2.24) is 41.1 Å². The van der Waals surface area contributed by atoms with Crippen molar-refractivity contribution in [1.29, 1.82) is 0 Å². The number of hydrogen-bond acceptors (Lipinski definition) is 12. The molecule has 1 aromatic carbocycles. The third-order valence-electron chi connectivity index (χ3n) is 6.60. The summed E-state index contributed by atoms with van der Waals surface area (Å²) in [7, 11) is 1.64. The number of Topliss-reactive ketones (excluding diaryl/α,β-unsaturated/α-hetero) is 1. The van der Waals surface area contributed by atoms with Crippen molar-refractivity contribution >= 4 is 64.7 Å². The average molecular weight is 663 g/mol. The van der Waals surface area contributed by atoms with Gasteiger partial charge < -0.3 is 30.6 Å². The molecule has 3 aromatic rings. The topological polar surface area (TPSA) is 222 Å². The van der Waals surface area contributed by atoms with Crippen LogP contribution in [0.1, 0.15) is 22.0 Å². The average Bonchev–Trinajstić information content (AvgIpc) is 3.69. The molecule has 19 heteroatoms. The SMILES string of the molecule is Cn1nnnc1SCC1=C(C(=O)O)N2C(=O)C(NC(=O)C(NC(=O)NCC(=O)c3ccoc3)c3ccc(O)c(Cl)c3)[C@@H]2SC1. The van der Waals surface area contributed by atoms with Crippen molar-refractivity contribution < 1.29 is 38.6 Å². The Balaban J connectivity index is 1.29. The number of furan rings is 1. The molecule has 2 aromatic heterocycles. The van der Waals surface area contributed by atoms with Crippen molar-refractivity contribution in [2.24, 2.45) is 7.05 Å². The van der Waals surface area contributed by atoms with Gasteiger partial charge in [0.2, 0.25) is 11.1 Å². The number of urea groups is 1. The highest BCUT2D eigenvalue weighted by Crippen LogP contribution is 2.41. The summed E-state index contributed by atoms with van der Waals surface area (Å²) in [6.07, 6.45) is 2.53. The third-order valence-corrected chi connectivity index (χ3v) is 9.34. The fourth-order valence-corrected chi connectivity index (χ4v) is 6.92. The quantitative estimate of drug-likeness (QED) is 0.110. The molecular weight excluding hydrogens is 640 g/mol. The molecule has 1 saturated heterocycles. The number of nitrogens with zero attached hydrogens (tertiary/aromatic N) is 5. The smallest absolute Gasteiger partial charge is 0.352 e. The number of amides is 4. The van der Waals surface area contributed by atoms with E-state index < -0.39 is 53.6 Å². The van der Waals surface area contributed by atoms with Gasteiger partial charge in [-0.1, -0.05) is 29.4 Å². The number of aliphatic carboxylic acids is 1. The molecule has 0 bridgehead atoms. The number of fused-ring (bicyclic) bond motifs is 1. The number of phenols is 1. The number of aromatic nitrogens is 4. The molecule has 0 radical (unpaired) electrons. The Bertz CT molecular complexity index is 1660. The van der Waals surface area contributed by atoms with Crippen molar-refractivity contribution in [2.45, 2.75) is 22.6 Å². The van der Waals surface area contributed by atoms with E-state index in [0.717, 1.165) is 4.90 Å². The number of thioether (sulfide) groups is 2. The third kappa shape index (κ3) is 6.36. The van der Waals surface area contributed by atoms with Gasteiger partial charge in [-0.15, -0.1) is 16.9 Å². The van der Waals surface area contributed by atoms with Crippen LogP contribution in [0, 0.1) is 0 Å². The van der Waals surface area contributed by atoms with E-state index >= 15 is 0 Å². The number of aromatic hydroxyl groups is 1. The first kappa shape index (κ1) is 30.9. The predicted molar refractivity (Wildman–Crippen MR) is 155 cm³/mol. The molecule has 4 amide bonds. The molecule has 0 saturated carbocycles. The van der Waals surface area contributed by atoms with Gasteiger partial charge in [0.1, 0.15) is 35.2 Å². The lowest BCUT2D eigenvalue weighted by Crippen LogP contribution is -2.71. The maximum atomic E-state index is 13.5. The number of rotatable bonds is 11. The minimum atomic E-state index is -1.41. The summed E-state index contributed by atoms with van der Waals surface area (Å²) in [5.74, 6) is -2.95. The fraction of sp³-hybridized carbons (Fsp3) is 0.280. The minimum Gasteiger partial charge on any atom is -0.506 e. The van der Waals surface area contributed by atoms with Crippen molar-refractivity contribution in [2.75, 3.05) is 18.1 Å². The van der Waals surface area contributed by atoms with E-state index in [9.17, 15) is 34.2 Å². The molecule has 2 unspecified atom stereocenters. The summed E-state index contributed by atoms with van der Waals surface area (Å²) in [6, 6.07) is 1.90. The van der Waals surface area contributed by atoms with Gasteiger partial charge in [0, 0.05) is 18.6 Å². The number of aryl methyl sites for hydroxylation is 1. The Morgan fingerprint density at radius 1 is 1.27 bits per heavy atom. The zero-order valence-corrected chi connectivity index (χ0v) is 25.0. The van der Waals surface area contributed by atoms with Crippen LogP contribution in [-0.2, 0) is 21.4 Å². The fourth-order valence-electron chi connectivity index (χ4n) is 4.40. The van der Waals surface area contributed by atoms with Crippen molar-refractivity contribution in [3.05, 3.63) is 64.2 Å². The molecular formula is C25H23ClN8O8S2. The summed E-state index contributed by atoms with van der Waals surface area (Å²) >= 11 is 8.53. The standard InChI is InChI=1S/C25H23ClN8O8S2/c1-33-25(30-31-32-33)44-10-13-9-43-22-18(21(38)34(22)19(13)23(39)40)28-20(37)17(11-2-3-15(35)14(26)6-11)29-24(41)27-7-16(36)12-4-5-42-8-12/h2-6,8,17-18,22,35H,7,9-10H2,1H3,(H,28,37)(H,39,40)(H2,27,29,41)/t17?,18?,22-/m0/s1. The number of tetrazole rings is 1. The van der Waals surface area contributed by atoms with Crippen LogP contribution in [0.5, 0.6) is 5.75 Å². The maximum absolute atomic E-state index is 13.5. The van der Waals surface area contributed by atoms with Crippen LogP contribution < -0.4 is 16.0 Å². The molecule has 5 rings (SSSR count). The number of carboxylic acid groups (broad SMARTS) is 1. The number of carbonyl (C=O) groups excluding carboxylic acids is 4. The first-order valence-electron chi connectivity index (χ1n) is 12.7. The lowest BCUT2D eigenvalue weighted by atomic mass is 10.0. The Hall–Kier alpha value is -4.55. The van der Waals surface area contributed by atoms with Crippen LogP contribution in [-0.4, -0.2) is 94.4 Å². The molecule has 1 fully saturated rings. The van der Waals surface area contributed by atoms with E-state index in [1.807, 2.05) is 0 Å². The number of carbonyl (C=O) groups is 5. The monoisotopic (exact) mass is 662 g/mol. The van der Waals surface area contributed by atoms with E-state index in [1.165, 1.54) is 65.0 Å². The number of β-lactam (4-membered cyclic amide) rings is 1. The van der Waals surface area contributed by atoms with Crippen LogP contribution in [0.2, 0.25) is 5.02 Å². The first-order chi connectivity index (χ1) is 21.0. The van der Waals surface area contributed by atoms with Gasteiger partial charge in [-0.2, -0.15) is 0 Å². The number of phenolic OH excluding ortho intramolecular Hbond substituents is 1. The molecule has 44 heavy (non-hydrogen) atoms. The lowest BCUT2D eigenvalue weighted by molar-refractivity contribution is -0.151. The molecule has 16 nitrogen and oxygen atoms in total. The number of hydrogen-bond donors (Lipinski definition) is 5. The maximum Gasteiger partial charge on any atom is 0.352 e. The van der Waals surface area contributed by atoms with E-state index in [2.05, 4.69) is 31.5 Å². The molecule has 3 atom stereocenters. The summed E-state index contributed by atoms with van der Waals surface area (Å²) in [5, 5.41) is 38.0. The van der Waals surface area contributed by atoms with Gasteiger partial charge in [-0.05, 0) is 39.8 Å². The second-order valence-electron chi connectivity index (χ2n) is 9.43. The Morgan fingerprint density at radius 2 is 2.07 bits per heavy atom. The molecule has 5 N–H and O–H groups in total. The van der Waals surface area contributed by atoms with E-state index in [-0.39, 0.29) is 39.1 Å². The minimum absolute atomic E-state index is 0.0925.